The zero-order valence-electron chi connectivity index (χ0n) is 12.0. The van der Waals surface area contributed by atoms with Crippen LogP contribution in [0.4, 0.5) is 0 Å². The van der Waals surface area contributed by atoms with Crippen LogP contribution in [0.25, 0.3) is 0 Å². The largest absolute Gasteiger partial charge is 0.497 e. The molecule has 3 nitrogen and oxygen atoms in total. The van der Waals surface area contributed by atoms with E-state index in [1.165, 1.54) is 0 Å². The van der Waals surface area contributed by atoms with Crippen molar-refractivity contribution in [2.24, 2.45) is 5.73 Å². The van der Waals surface area contributed by atoms with Crippen molar-refractivity contribution < 1.29 is 9.47 Å². The molecule has 0 aliphatic rings. The van der Waals surface area contributed by atoms with Crippen LogP contribution in [0.15, 0.2) is 54.6 Å². The summed E-state index contributed by atoms with van der Waals surface area (Å²) in [6.45, 7) is 2.50. The molecule has 0 amide bonds. The lowest BCUT2D eigenvalue weighted by molar-refractivity contribution is 0.0258. The number of ether oxygens (including phenoxy) is 2. The summed E-state index contributed by atoms with van der Waals surface area (Å²) in [4.78, 5) is 0. The monoisotopic (exact) mass is 271 g/mol. The highest BCUT2D eigenvalue weighted by Crippen LogP contribution is 2.25. The first kappa shape index (κ1) is 14.6. The molecule has 0 bridgehead atoms. The minimum Gasteiger partial charge on any atom is -0.497 e. The average molecular weight is 271 g/mol. The summed E-state index contributed by atoms with van der Waals surface area (Å²) in [7, 11) is 1.66. The zero-order valence-corrected chi connectivity index (χ0v) is 12.0. The number of methoxy groups -OCH3 is 1. The van der Waals surface area contributed by atoms with Crippen molar-refractivity contribution >= 4 is 0 Å². The summed E-state index contributed by atoms with van der Waals surface area (Å²) in [6, 6.07) is 17.9. The Morgan fingerprint density at radius 1 is 1.05 bits per heavy atom. The molecule has 3 heteroatoms. The van der Waals surface area contributed by atoms with Crippen LogP contribution < -0.4 is 10.5 Å². The maximum atomic E-state index is 6.06. The van der Waals surface area contributed by atoms with E-state index in [0.29, 0.717) is 6.61 Å². The lowest BCUT2D eigenvalue weighted by Crippen LogP contribution is -2.27. The molecule has 20 heavy (non-hydrogen) atoms. The molecule has 0 spiro atoms. The van der Waals surface area contributed by atoms with Crippen LogP contribution in [0.5, 0.6) is 5.75 Å². The fourth-order valence-corrected chi connectivity index (χ4v) is 2.13. The number of hydrogen-bond acceptors (Lipinski definition) is 3. The maximum Gasteiger partial charge on any atom is 0.119 e. The summed E-state index contributed by atoms with van der Waals surface area (Å²) < 4.78 is 11.2. The normalized spacial score (nSPS) is 13.8. The first-order chi connectivity index (χ1) is 9.70. The predicted octanol–water partition coefficient (Wildman–Crippen LogP) is 3.30. The Morgan fingerprint density at radius 3 is 2.45 bits per heavy atom. The zero-order chi connectivity index (χ0) is 14.4. The summed E-state index contributed by atoms with van der Waals surface area (Å²) in [5, 5.41) is 0. The van der Waals surface area contributed by atoms with Crippen LogP contribution in [0.3, 0.4) is 0 Å². The van der Waals surface area contributed by atoms with Crippen LogP contribution in [0, 0.1) is 0 Å². The maximum absolute atomic E-state index is 6.06. The van der Waals surface area contributed by atoms with Crippen LogP contribution in [0.2, 0.25) is 0 Å². The number of nitrogens with two attached hydrogens (primary N) is 1. The van der Waals surface area contributed by atoms with Crippen molar-refractivity contribution in [2.45, 2.75) is 25.7 Å². The van der Waals surface area contributed by atoms with Crippen molar-refractivity contribution in [3.63, 3.8) is 0 Å². The molecule has 0 heterocycles. The van der Waals surface area contributed by atoms with E-state index in [1.54, 1.807) is 7.11 Å². The molecule has 2 aromatic rings. The van der Waals surface area contributed by atoms with Gasteiger partial charge < -0.3 is 15.2 Å². The molecule has 0 aromatic heterocycles. The van der Waals surface area contributed by atoms with Gasteiger partial charge in [0.1, 0.15) is 5.75 Å². The number of benzene rings is 2. The van der Waals surface area contributed by atoms with Gasteiger partial charge >= 0.3 is 0 Å². The second-order valence-corrected chi connectivity index (χ2v) is 4.85. The molecule has 0 aliphatic heterocycles. The molecule has 106 valence electrons. The average Bonchev–Trinajstić information content (AvgIpc) is 2.48. The summed E-state index contributed by atoms with van der Waals surface area (Å²) in [5.41, 5.74) is 8.24. The first-order valence-corrected chi connectivity index (χ1v) is 6.76. The highest BCUT2D eigenvalue weighted by atomic mass is 16.5. The van der Waals surface area contributed by atoms with Gasteiger partial charge in [-0.2, -0.15) is 0 Å². The Bertz CT molecular complexity index is 526. The van der Waals surface area contributed by atoms with Gasteiger partial charge in [0.25, 0.3) is 0 Å². The first-order valence-electron chi connectivity index (χ1n) is 6.76. The van der Waals surface area contributed by atoms with Crippen molar-refractivity contribution in [1.29, 1.82) is 0 Å². The van der Waals surface area contributed by atoms with Gasteiger partial charge in [0.05, 0.1) is 19.8 Å². The third kappa shape index (κ3) is 3.83. The smallest absolute Gasteiger partial charge is 0.119 e. The molecular formula is C17H21NO2. The van der Waals surface area contributed by atoms with Gasteiger partial charge in [0, 0.05) is 6.04 Å². The van der Waals surface area contributed by atoms with Gasteiger partial charge in [-0.15, -0.1) is 0 Å². The fraction of sp³-hybridized carbons (Fsp3) is 0.294. The molecule has 2 unspecified atom stereocenters. The fourth-order valence-electron chi connectivity index (χ4n) is 2.13. The van der Waals surface area contributed by atoms with E-state index >= 15 is 0 Å². The minimum absolute atomic E-state index is 0.0918. The van der Waals surface area contributed by atoms with Gasteiger partial charge in [-0.25, -0.2) is 0 Å². The molecule has 0 aliphatic carbocycles. The Labute approximate surface area is 120 Å². The summed E-state index contributed by atoms with van der Waals surface area (Å²) in [6.07, 6.45) is -0.148. The minimum atomic E-state index is -0.148. The van der Waals surface area contributed by atoms with Crippen LogP contribution >= 0.6 is 0 Å². The highest BCUT2D eigenvalue weighted by molar-refractivity contribution is 5.30. The molecule has 2 rings (SSSR count). The van der Waals surface area contributed by atoms with E-state index in [9.17, 15) is 0 Å². The molecule has 2 N–H and O–H groups in total. The predicted molar refractivity (Wildman–Crippen MR) is 80.6 cm³/mol. The van der Waals surface area contributed by atoms with Crippen LogP contribution in [0.1, 0.15) is 24.2 Å². The lowest BCUT2D eigenvalue weighted by Gasteiger charge is -2.22. The molecule has 0 radical (unpaired) electrons. The third-order valence-corrected chi connectivity index (χ3v) is 3.17. The number of rotatable bonds is 6. The van der Waals surface area contributed by atoms with Crippen molar-refractivity contribution in [2.75, 3.05) is 7.11 Å². The lowest BCUT2D eigenvalue weighted by atomic mass is 10.0. The molecule has 0 fully saturated rings. The van der Waals surface area contributed by atoms with Gasteiger partial charge in [0.2, 0.25) is 0 Å². The van der Waals surface area contributed by atoms with Crippen molar-refractivity contribution in [1.82, 2.24) is 0 Å². The van der Waals surface area contributed by atoms with E-state index < -0.39 is 0 Å². The molecule has 0 saturated carbocycles. The number of hydrogen-bond donors (Lipinski definition) is 1. The second-order valence-electron chi connectivity index (χ2n) is 4.85. The summed E-state index contributed by atoms with van der Waals surface area (Å²) >= 11 is 0. The van der Waals surface area contributed by atoms with Gasteiger partial charge in [0.15, 0.2) is 0 Å². The van der Waals surface area contributed by atoms with Crippen molar-refractivity contribution in [3.8, 4) is 5.75 Å². The summed E-state index contributed by atoms with van der Waals surface area (Å²) in [5.74, 6) is 0.816. The van der Waals surface area contributed by atoms with Crippen LogP contribution in [-0.2, 0) is 11.3 Å². The molecular weight excluding hydrogens is 250 g/mol. The van der Waals surface area contributed by atoms with Crippen molar-refractivity contribution in [3.05, 3.63) is 65.7 Å². The Kier molecular flexibility index (Phi) is 5.16. The van der Waals surface area contributed by atoms with E-state index in [-0.39, 0.29) is 12.1 Å². The van der Waals surface area contributed by atoms with E-state index in [4.69, 9.17) is 15.2 Å². The van der Waals surface area contributed by atoms with E-state index in [0.717, 1.165) is 16.9 Å². The van der Waals surface area contributed by atoms with E-state index in [1.807, 2.05) is 61.5 Å². The van der Waals surface area contributed by atoms with E-state index in [2.05, 4.69) is 0 Å². The SMILES string of the molecule is COc1cccc(C(OCc2ccccc2)C(C)N)c1. The van der Waals surface area contributed by atoms with Gasteiger partial charge in [-0.1, -0.05) is 42.5 Å². The Balaban J connectivity index is 2.10. The standard InChI is InChI=1S/C17H21NO2/c1-13(18)17(15-9-6-10-16(11-15)19-2)20-12-14-7-4-3-5-8-14/h3-11,13,17H,12,18H2,1-2H3. The van der Waals surface area contributed by atoms with Gasteiger partial charge in [-0.05, 0) is 30.2 Å². The molecule has 2 atom stereocenters. The quantitative estimate of drug-likeness (QED) is 0.876. The Hall–Kier alpha value is -1.84. The topological polar surface area (TPSA) is 44.5 Å². The van der Waals surface area contributed by atoms with Gasteiger partial charge in [-0.3, -0.25) is 0 Å². The Morgan fingerprint density at radius 2 is 1.80 bits per heavy atom. The highest BCUT2D eigenvalue weighted by Gasteiger charge is 2.17. The second kappa shape index (κ2) is 7.08. The molecule has 2 aromatic carbocycles. The van der Waals surface area contributed by atoms with Crippen LogP contribution in [-0.4, -0.2) is 13.2 Å². The molecule has 0 saturated heterocycles. The third-order valence-electron chi connectivity index (χ3n) is 3.17.